The molecule has 15 heteroatoms. The predicted molar refractivity (Wildman–Crippen MR) is 226 cm³/mol. The number of carbonyl (C=O) groups excluding carboxylic acids is 1. The van der Waals surface area contributed by atoms with Gasteiger partial charge in [0.1, 0.15) is 21.2 Å². The minimum atomic E-state index is -2.92. The molecule has 0 radical (unpaired) electrons. The Morgan fingerprint density at radius 2 is 1.68 bits per heavy atom. The minimum Gasteiger partial charge on any atom is -0.494 e. The number of benzene rings is 3. The summed E-state index contributed by atoms with van der Waals surface area (Å²) >= 11 is 0. The third-order valence-corrected chi connectivity index (χ3v) is 12.3. The minimum absolute atomic E-state index is 0.236. The Bertz CT molecular complexity index is 2590. The van der Waals surface area contributed by atoms with Crippen molar-refractivity contribution in [1.29, 1.82) is 0 Å². The molecule has 0 atom stereocenters. The first-order valence-corrected chi connectivity index (χ1v) is 21.9. The van der Waals surface area contributed by atoms with E-state index in [1.54, 1.807) is 37.6 Å². The van der Waals surface area contributed by atoms with Gasteiger partial charge >= 0.3 is 0 Å². The van der Waals surface area contributed by atoms with Crippen LogP contribution in [-0.4, -0.2) is 89.9 Å². The lowest BCUT2D eigenvalue weighted by atomic mass is 9.91. The molecule has 59 heavy (non-hydrogen) atoms. The zero-order valence-corrected chi connectivity index (χ0v) is 33.8. The number of amides is 1. The lowest BCUT2D eigenvalue weighted by Gasteiger charge is -2.42. The van der Waals surface area contributed by atoms with E-state index in [0.717, 1.165) is 70.0 Å². The fraction of sp³-hybridized carbons (Fsp3) is 0.318. The van der Waals surface area contributed by atoms with Crippen LogP contribution in [0.3, 0.4) is 0 Å². The van der Waals surface area contributed by atoms with Gasteiger partial charge in [-0.15, -0.1) is 0 Å². The van der Waals surface area contributed by atoms with Crippen molar-refractivity contribution in [2.24, 2.45) is 5.92 Å². The van der Waals surface area contributed by atoms with E-state index in [2.05, 4.69) is 31.5 Å². The van der Waals surface area contributed by atoms with Crippen LogP contribution in [0.15, 0.2) is 97.3 Å². The molecule has 0 bridgehead atoms. The lowest BCUT2D eigenvalue weighted by Crippen LogP contribution is -2.47. The summed E-state index contributed by atoms with van der Waals surface area (Å²) in [6.45, 7) is 3.92. The smallest absolute Gasteiger partial charge is 0.255 e. The van der Waals surface area contributed by atoms with Gasteiger partial charge in [0, 0.05) is 60.7 Å². The lowest BCUT2D eigenvalue weighted by molar-refractivity contribution is 0.102. The normalized spacial score (nSPS) is 15.7. The van der Waals surface area contributed by atoms with Gasteiger partial charge in [-0.3, -0.25) is 9.20 Å². The Morgan fingerprint density at radius 1 is 0.881 bits per heavy atom. The van der Waals surface area contributed by atoms with Crippen molar-refractivity contribution in [3.63, 3.8) is 0 Å². The van der Waals surface area contributed by atoms with Gasteiger partial charge < -0.3 is 25.2 Å². The quantitative estimate of drug-likeness (QED) is 0.126. The number of ether oxygens (including phenoxy) is 1. The fourth-order valence-corrected chi connectivity index (χ4v) is 8.93. The highest BCUT2D eigenvalue weighted by molar-refractivity contribution is 7.90. The largest absolute Gasteiger partial charge is 0.494 e. The van der Waals surface area contributed by atoms with Gasteiger partial charge in [-0.05, 0) is 106 Å². The summed E-state index contributed by atoms with van der Waals surface area (Å²) in [5.74, 6) is -1.02. The molecule has 0 saturated carbocycles. The average Bonchev–Trinajstić information content (AvgIpc) is 3.65. The van der Waals surface area contributed by atoms with Gasteiger partial charge in [0.25, 0.3) is 5.91 Å². The van der Waals surface area contributed by atoms with E-state index in [0.29, 0.717) is 57.6 Å². The Morgan fingerprint density at radius 3 is 2.46 bits per heavy atom. The van der Waals surface area contributed by atoms with E-state index in [1.807, 2.05) is 47.0 Å². The van der Waals surface area contributed by atoms with Crippen molar-refractivity contribution < 1.29 is 26.7 Å². The average molecular weight is 821 g/mol. The highest BCUT2D eigenvalue weighted by atomic mass is 32.2. The first kappa shape index (κ1) is 39.9. The zero-order chi connectivity index (χ0) is 41.1. The van der Waals surface area contributed by atoms with Crippen molar-refractivity contribution in [3.05, 3.63) is 115 Å². The van der Waals surface area contributed by atoms with Crippen LogP contribution in [0.5, 0.6) is 5.75 Å². The molecule has 12 nitrogen and oxygen atoms in total. The number of likely N-dealkylation sites (tertiary alicyclic amines) is 1. The number of fused-ring (bicyclic) bond motifs is 1. The van der Waals surface area contributed by atoms with Crippen molar-refractivity contribution in [1.82, 2.24) is 24.3 Å². The number of nitrogens with one attached hydrogen (secondary N) is 2. The van der Waals surface area contributed by atoms with E-state index in [1.165, 1.54) is 18.4 Å². The summed E-state index contributed by atoms with van der Waals surface area (Å²) in [7, 11) is -1.28. The second-order valence-electron chi connectivity index (χ2n) is 15.3. The number of nitrogens with zero attached hydrogens (tertiary/aromatic N) is 6. The number of halogens is 2. The van der Waals surface area contributed by atoms with Crippen LogP contribution in [0.4, 0.5) is 31.8 Å². The van der Waals surface area contributed by atoms with E-state index < -0.39 is 27.4 Å². The van der Waals surface area contributed by atoms with Gasteiger partial charge in [-0.2, -0.15) is 0 Å². The SMILES string of the molecule is COc1cc(N2CCC(N3CCC(CCS(C)(=O)=O)CC3)CC2)ccc1Nc1nccc(-c2c(-c3cccc(C(=O)Nc4cccc(F)c4F)c3)nc3ccccn23)n1. The molecule has 0 unspecified atom stereocenters. The molecule has 1 amide bonds. The number of rotatable bonds is 12. The van der Waals surface area contributed by atoms with Crippen LogP contribution in [-0.2, 0) is 9.84 Å². The second-order valence-corrected chi connectivity index (χ2v) is 17.5. The number of imidazole rings is 1. The summed E-state index contributed by atoms with van der Waals surface area (Å²) in [5, 5.41) is 5.81. The molecule has 2 N–H and O–H groups in total. The molecule has 6 aromatic rings. The third-order valence-electron chi connectivity index (χ3n) is 11.3. The topological polar surface area (TPSA) is 134 Å². The van der Waals surface area contributed by atoms with Gasteiger partial charge in [-0.1, -0.05) is 24.3 Å². The maximum atomic E-state index is 14.4. The number of sulfone groups is 1. The summed E-state index contributed by atoms with van der Waals surface area (Å²) in [6, 6.07) is 24.5. The fourth-order valence-electron chi connectivity index (χ4n) is 8.17. The maximum absolute atomic E-state index is 14.4. The van der Waals surface area contributed by atoms with Gasteiger partial charge in [0.15, 0.2) is 11.6 Å². The van der Waals surface area contributed by atoms with Crippen molar-refractivity contribution in [2.45, 2.75) is 38.1 Å². The molecule has 3 aromatic carbocycles. The highest BCUT2D eigenvalue weighted by Gasteiger charge is 2.29. The Balaban J connectivity index is 0.970. The molecule has 2 aliphatic heterocycles. The van der Waals surface area contributed by atoms with Crippen LogP contribution in [0, 0.1) is 17.6 Å². The Hall–Kier alpha value is -5.93. The Labute approximate surface area is 342 Å². The maximum Gasteiger partial charge on any atom is 0.255 e. The molecule has 2 saturated heterocycles. The van der Waals surface area contributed by atoms with Gasteiger partial charge in [0.05, 0.1) is 41.3 Å². The summed E-state index contributed by atoms with van der Waals surface area (Å²) in [4.78, 5) is 32.5. The number of carbonyl (C=O) groups is 1. The first-order valence-electron chi connectivity index (χ1n) is 19.8. The van der Waals surface area contributed by atoms with Crippen LogP contribution >= 0.6 is 0 Å². The molecule has 0 spiro atoms. The van der Waals surface area contributed by atoms with Gasteiger partial charge in [-0.25, -0.2) is 32.2 Å². The number of anilines is 4. The summed E-state index contributed by atoms with van der Waals surface area (Å²) in [5.41, 5.74) is 4.85. The molecule has 0 aliphatic carbocycles. The van der Waals surface area contributed by atoms with Crippen LogP contribution in [0.25, 0.3) is 28.3 Å². The van der Waals surface area contributed by atoms with Crippen molar-refractivity contribution in [2.75, 3.05) is 60.8 Å². The van der Waals surface area contributed by atoms with Crippen LogP contribution in [0.2, 0.25) is 0 Å². The molecule has 5 heterocycles. The van der Waals surface area contributed by atoms with Crippen molar-refractivity contribution in [3.8, 4) is 28.4 Å². The number of piperidine rings is 2. The van der Waals surface area contributed by atoms with Gasteiger partial charge in [0.2, 0.25) is 5.95 Å². The number of hydrogen-bond acceptors (Lipinski definition) is 10. The van der Waals surface area contributed by atoms with Crippen molar-refractivity contribution >= 4 is 44.4 Å². The first-order chi connectivity index (χ1) is 28.5. The molecule has 8 rings (SSSR count). The van der Waals surface area contributed by atoms with E-state index >= 15 is 0 Å². The third kappa shape index (κ3) is 9.05. The molecular weight excluding hydrogens is 775 g/mol. The molecule has 2 aliphatic rings. The number of hydrogen-bond donors (Lipinski definition) is 2. The van der Waals surface area contributed by atoms with Crippen LogP contribution in [0.1, 0.15) is 42.5 Å². The number of aromatic nitrogens is 4. The molecular formula is C44H46F2N8O4S. The number of methoxy groups -OCH3 is 1. The second kappa shape index (κ2) is 17.1. The summed E-state index contributed by atoms with van der Waals surface area (Å²) in [6.07, 6.45) is 9.89. The highest BCUT2D eigenvalue weighted by Crippen LogP contribution is 2.36. The summed E-state index contributed by atoms with van der Waals surface area (Å²) < 4.78 is 59.2. The van der Waals surface area contributed by atoms with E-state index in [9.17, 15) is 22.0 Å². The molecule has 2 fully saturated rings. The standard InChI is InChI=1S/C44H46F2N8O4S/c1-58-38-28-33(53-24-17-32(18-25-53)52-22-15-29(16-23-52)19-26-59(2,56)57)12-13-35(38)49-44-47-20-14-37(50-44)42-41(51-39-11-3-4-21-54(39)42)30-7-5-8-31(27-30)43(55)48-36-10-6-9-34(45)40(36)46/h3-14,20-21,27-29,32H,15-19,22-26H2,1-2H3,(H,48,55)(H,47,49,50). The molecule has 3 aromatic heterocycles. The number of pyridine rings is 1. The van der Waals surface area contributed by atoms with E-state index in [4.69, 9.17) is 14.7 Å². The monoisotopic (exact) mass is 820 g/mol. The van der Waals surface area contributed by atoms with Crippen LogP contribution < -0.4 is 20.3 Å². The predicted octanol–water partition coefficient (Wildman–Crippen LogP) is 7.86. The van der Waals surface area contributed by atoms with E-state index in [-0.39, 0.29) is 17.0 Å². The zero-order valence-electron chi connectivity index (χ0n) is 32.9. The Kier molecular flexibility index (Phi) is 11.6. The molecule has 306 valence electrons.